The Kier molecular flexibility index (Phi) is 8.97. The fourth-order valence-corrected chi connectivity index (χ4v) is 3.32. The SMILES string of the molecule is CN=C(NCC(OC)c1ccc(F)cc1)NCC(C(C)C)N1CCOCC1. The molecule has 1 fully saturated rings. The van der Waals surface area contributed by atoms with Crippen LogP contribution in [0.5, 0.6) is 0 Å². The summed E-state index contributed by atoms with van der Waals surface area (Å²) in [5.74, 6) is 1.01. The van der Waals surface area contributed by atoms with Crippen LogP contribution in [0.15, 0.2) is 29.3 Å². The Labute approximate surface area is 162 Å². The first-order valence-electron chi connectivity index (χ1n) is 9.59. The Balaban J connectivity index is 1.87. The minimum atomic E-state index is -0.248. The number of benzene rings is 1. The van der Waals surface area contributed by atoms with Crippen molar-refractivity contribution < 1.29 is 13.9 Å². The number of methoxy groups -OCH3 is 1. The quantitative estimate of drug-likeness (QED) is 0.534. The Hall–Kier alpha value is -1.70. The van der Waals surface area contributed by atoms with E-state index < -0.39 is 0 Å². The van der Waals surface area contributed by atoms with Gasteiger partial charge in [-0.15, -0.1) is 0 Å². The van der Waals surface area contributed by atoms with Gasteiger partial charge in [0.25, 0.3) is 0 Å². The van der Waals surface area contributed by atoms with Gasteiger partial charge in [-0.25, -0.2) is 4.39 Å². The standard InChI is InChI=1S/C20H33FN4O2/c1-15(2)18(25-9-11-27-12-10-25)13-23-20(22-3)24-14-19(26-4)16-5-7-17(21)8-6-16/h5-8,15,18-19H,9-14H2,1-4H3,(H2,22,23,24). The number of halogens is 1. The average Bonchev–Trinajstić information content (AvgIpc) is 2.68. The molecule has 1 saturated heterocycles. The van der Waals surface area contributed by atoms with Gasteiger partial charge in [-0.1, -0.05) is 26.0 Å². The first-order chi connectivity index (χ1) is 13.0. The molecule has 0 aliphatic carbocycles. The Morgan fingerprint density at radius 2 is 1.81 bits per heavy atom. The summed E-state index contributed by atoms with van der Waals surface area (Å²) in [6.45, 7) is 9.37. The van der Waals surface area contributed by atoms with Crippen LogP contribution in [0.4, 0.5) is 4.39 Å². The minimum absolute atomic E-state index is 0.177. The van der Waals surface area contributed by atoms with Gasteiger partial charge in [0.1, 0.15) is 5.82 Å². The summed E-state index contributed by atoms with van der Waals surface area (Å²) in [6, 6.07) is 6.81. The third-order valence-corrected chi connectivity index (χ3v) is 4.97. The molecule has 0 bridgehead atoms. The number of aliphatic imine (C=N–C) groups is 1. The first kappa shape index (κ1) is 21.6. The summed E-state index contributed by atoms with van der Waals surface area (Å²) in [7, 11) is 3.41. The van der Waals surface area contributed by atoms with Gasteiger partial charge in [0, 0.05) is 46.4 Å². The van der Waals surface area contributed by atoms with Crippen molar-refractivity contribution in [3.63, 3.8) is 0 Å². The topological polar surface area (TPSA) is 58.1 Å². The van der Waals surface area contributed by atoms with Crippen LogP contribution in [-0.4, -0.2) is 70.5 Å². The van der Waals surface area contributed by atoms with E-state index >= 15 is 0 Å². The monoisotopic (exact) mass is 380 g/mol. The molecule has 2 N–H and O–H groups in total. The molecule has 27 heavy (non-hydrogen) atoms. The van der Waals surface area contributed by atoms with Crippen molar-refractivity contribution in [1.29, 1.82) is 0 Å². The van der Waals surface area contributed by atoms with Crippen LogP contribution in [0.2, 0.25) is 0 Å². The molecule has 1 aromatic rings. The highest BCUT2D eigenvalue weighted by Gasteiger charge is 2.24. The number of guanidine groups is 1. The number of rotatable bonds is 8. The third-order valence-electron chi connectivity index (χ3n) is 4.97. The molecule has 1 aromatic carbocycles. The highest BCUT2D eigenvalue weighted by molar-refractivity contribution is 5.79. The summed E-state index contributed by atoms with van der Waals surface area (Å²) in [5, 5.41) is 6.74. The van der Waals surface area contributed by atoms with Gasteiger partial charge in [-0.05, 0) is 23.6 Å². The smallest absolute Gasteiger partial charge is 0.191 e. The fourth-order valence-electron chi connectivity index (χ4n) is 3.32. The van der Waals surface area contributed by atoms with E-state index in [0.29, 0.717) is 18.5 Å². The van der Waals surface area contributed by atoms with E-state index in [1.165, 1.54) is 12.1 Å². The second-order valence-electron chi connectivity index (χ2n) is 7.07. The lowest BCUT2D eigenvalue weighted by Crippen LogP contribution is -2.52. The maximum absolute atomic E-state index is 13.1. The molecule has 1 heterocycles. The van der Waals surface area contributed by atoms with Crippen LogP contribution >= 0.6 is 0 Å². The van der Waals surface area contributed by atoms with E-state index in [4.69, 9.17) is 9.47 Å². The molecular formula is C20H33FN4O2. The molecule has 7 heteroatoms. The van der Waals surface area contributed by atoms with Gasteiger partial charge in [-0.3, -0.25) is 9.89 Å². The van der Waals surface area contributed by atoms with Gasteiger partial charge in [-0.2, -0.15) is 0 Å². The highest BCUT2D eigenvalue weighted by Crippen LogP contribution is 2.16. The van der Waals surface area contributed by atoms with E-state index in [1.54, 1.807) is 26.3 Å². The number of nitrogens with zero attached hydrogens (tertiary/aromatic N) is 2. The number of morpholine rings is 1. The predicted octanol–water partition coefficient (Wildman–Crippen LogP) is 2.03. The lowest BCUT2D eigenvalue weighted by molar-refractivity contribution is 0.00750. The molecule has 6 nitrogen and oxygen atoms in total. The van der Waals surface area contributed by atoms with Crippen LogP contribution in [0.25, 0.3) is 0 Å². The van der Waals surface area contributed by atoms with E-state index in [2.05, 4.69) is 34.4 Å². The zero-order chi connectivity index (χ0) is 19.6. The van der Waals surface area contributed by atoms with Gasteiger partial charge >= 0.3 is 0 Å². The van der Waals surface area contributed by atoms with E-state index in [1.807, 2.05) is 0 Å². The molecule has 1 aliphatic heterocycles. The van der Waals surface area contributed by atoms with Gasteiger partial charge in [0.2, 0.25) is 0 Å². The molecule has 2 rings (SSSR count). The lowest BCUT2D eigenvalue weighted by Gasteiger charge is -2.37. The number of nitrogens with one attached hydrogen (secondary N) is 2. The summed E-state index contributed by atoms with van der Waals surface area (Å²) >= 11 is 0. The second kappa shape index (κ2) is 11.2. The minimum Gasteiger partial charge on any atom is -0.379 e. The normalized spacial score (nSPS) is 18.4. The predicted molar refractivity (Wildman–Crippen MR) is 107 cm³/mol. The van der Waals surface area contributed by atoms with Crippen LogP contribution in [0, 0.1) is 11.7 Å². The van der Waals surface area contributed by atoms with Crippen LogP contribution in [-0.2, 0) is 9.47 Å². The van der Waals surface area contributed by atoms with E-state index in [9.17, 15) is 4.39 Å². The summed E-state index contributed by atoms with van der Waals surface area (Å²) in [4.78, 5) is 6.79. The van der Waals surface area contributed by atoms with Crippen molar-refractivity contribution in [2.24, 2.45) is 10.9 Å². The van der Waals surface area contributed by atoms with E-state index in [-0.39, 0.29) is 11.9 Å². The van der Waals surface area contributed by atoms with Crippen LogP contribution in [0.3, 0.4) is 0 Å². The molecule has 2 unspecified atom stereocenters. The van der Waals surface area contributed by atoms with Crippen molar-refractivity contribution in [3.8, 4) is 0 Å². The number of hydrogen-bond donors (Lipinski definition) is 2. The Bertz CT molecular complexity index is 574. The fraction of sp³-hybridized carbons (Fsp3) is 0.650. The Morgan fingerprint density at radius 3 is 2.37 bits per heavy atom. The van der Waals surface area contributed by atoms with Gasteiger partial charge < -0.3 is 20.1 Å². The highest BCUT2D eigenvalue weighted by atomic mass is 19.1. The summed E-state index contributed by atoms with van der Waals surface area (Å²) in [5.41, 5.74) is 0.926. The maximum Gasteiger partial charge on any atom is 0.191 e. The maximum atomic E-state index is 13.1. The van der Waals surface area contributed by atoms with Crippen LogP contribution < -0.4 is 10.6 Å². The zero-order valence-corrected chi connectivity index (χ0v) is 16.9. The zero-order valence-electron chi connectivity index (χ0n) is 16.9. The third kappa shape index (κ3) is 6.75. The summed E-state index contributed by atoms with van der Waals surface area (Å²) < 4.78 is 24.1. The molecule has 0 aromatic heterocycles. The molecule has 152 valence electrons. The van der Waals surface area contributed by atoms with Crippen molar-refractivity contribution in [3.05, 3.63) is 35.6 Å². The first-order valence-corrected chi connectivity index (χ1v) is 9.59. The number of hydrogen-bond acceptors (Lipinski definition) is 4. The molecule has 0 spiro atoms. The summed E-state index contributed by atoms with van der Waals surface area (Å²) in [6.07, 6.45) is -0.177. The van der Waals surface area contributed by atoms with Crippen molar-refractivity contribution >= 4 is 5.96 Å². The van der Waals surface area contributed by atoms with E-state index in [0.717, 1.165) is 44.4 Å². The molecule has 1 aliphatic rings. The largest absolute Gasteiger partial charge is 0.379 e. The van der Waals surface area contributed by atoms with Gasteiger partial charge in [0.05, 0.1) is 19.3 Å². The molecular weight excluding hydrogens is 347 g/mol. The van der Waals surface area contributed by atoms with Crippen molar-refractivity contribution in [2.45, 2.75) is 26.0 Å². The molecule has 0 amide bonds. The average molecular weight is 381 g/mol. The van der Waals surface area contributed by atoms with Gasteiger partial charge in [0.15, 0.2) is 5.96 Å². The molecule has 2 atom stereocenters. The Morgan fingerprint density at radius 1 is 1.19 bits per heavy atom. The van der Waals surface area contributed by atoms with Crippen LogP contribution in [0.1, 0.15) is 25.5 Å². The van der Waals surface area contributed by atoms with Crippen molar-refractivity contribution in [2.75, 3.05) is 53.6 Å². The molecule has 0 saturated carbocycles. The molecule has 0 radical (unpaired) electrons. The second-order valence-corrected chi connectivity index (χ2v) is 7.07. The number of ether oxygens (including phenoxy) is 2. The lowest BCUT2D eigenvalue weighted by atomic mass is 10.0. The van der Waals surface area contributed by atoms with Crippen molar-refractivity contribution in [1.82, 2.24) is 15.5 Å².